The quantitative estimate of drug-likeness (QED) is 0.333. The van der Waals surface area contributed by atoms with Crippen LogP contribution in [0.15, 0.2) is 78.9 Å². The summed E-state index contributed by atoms with van der Waals surface area (Å²) in [5, 5.41) is 0. The van der Waals surface area contributed by atoms with Crippen LogP contribution in [0.25, 0.3) is 0 Å². The molecule has 3 aromatic carbocycles. The molecule has 2 aliphatic carbocycles. The second-order valence-corrected chi connectivity index (χ2v) is 11.4. The number of fused-ring (bicyclic) bond motifs is 1. The molecule has 3 nitrogen and oxygen atoms in total. The molecule has 1 saturated heterocycles. The van der Waals surface area contributed by atoms with Gasteiger partial charge in [-0.15, -0.1) is 0 Å². The van der Waals surface area contributed by atoms with E-state index in [1.54, 1.807) is 0 Å². The van der Waals surface area contributed by atoms with E-state index in [4.69, 9.17) is 0 Å². The Hall–Kier alpha value is -2.91. The summed E-state index contributed by atoms with van der Waals surface area (Å²) in [4.78, 5) is 18.6. The summed E-state index contributed by atoms with van der Waals surface area (Å²) in [6, 6.07) is 28.7. The van der Waals surface area contributed by atoms with Crippen molar-refractivity contribution in [1.82, 2.24) is 4.90 Å². The fourth-order valence-corrected chi connectivity index (χ4v) is 6.78. The zero-order valence-corrected chi connectivity index (χ0v) is 22.0. The molecule has 1 saturated carbocycles. The Kier molecular flexibility index (Phi) is 7.41. The normalized spacial score (nSPS) is 20.9. The van der Waals surface area contributed by atoms with Crippen molar-refractivity contribution < 1.29 is 4.79 Å². The first kappa shape index (κ1) is 24.4. The van der Waals surface area contributed by atoms with Crippen LogP contribution in [0.4, 0.5) is 5.69 Å². The van der Waals surface area contributed by atoms with Crippen molar-refractivity contribution in [1.29, 1.82) is 0 Å². The fraction of sp³-hybridized carbons (Fsp3) is 0.441. The first-order chi connectivity index (χ1) is 18.3. The lowest BCUT2D eigenvalue weighted by Crippen LogP contribution is -2.46. The Balaban J connectivity index is 1.09. The molecule has 0 bridgehead atoms. The first-order valence-electron chi connectivity index (χ1n) is 14.5. The Labute approximate surface area is 222 Å². The number of Topliss-reactive ketones (excluding diaryl/α,β-unsaturated/α-hetero) is 1. The lowest BCUT2D eigenvalue weighted by molar-refractivity contribution is 0.0802. The van der Waals surface area contributed by atoms with Crippen LogP contribution in [0.5, 0.6) is 0 Å². The van der Waals surface area contributed by atoms with Gasteiger partial charge in [0.2, 0.25) is 0 Å². The highest BCUT2D eigenvalue weighted by Crippen LogP contribution is 2.40. The zero-order chi connectivity index (χ0) is 25.0. The van der Waals surface area contributed by atoms with E-state index in [0.29, 0.717) is 17.6 Å². The van der Waals surface area contributed by atoms with Gasteiger partial charge in [-0.25, -0.2) is 0 Å². The molecule has 1 atom stereocenters. The van der Waals surface area contributed by atoms with E-state index in [1.807, 2.05) is 0 Å². The summed E-state index contributed by atoms with van der Waals surface area (Å²) in [5.74, 6) is 1.77. The minimum Gasteiger partial charge on any atom is -0.369 e. The highest BCUT2D eigenvalue weighted by atomic mass is 16.1. The van der Waals surface area contributed by atoms with E-state index in [0.717, 1.165) is 64.0 Å². The molecule has 1 unspecified atom stereocenters. The number of benzene rings is 3. The fourth-order valence-electron chi connectivity index (χ4n) is 6.78. The molecule has 3 heteroatoms. The third-order valence-corrected chi connectivity index (χ3v) is 9.25. The van der Waals surface area contributed by atoms with E-state index in [1.165, 1.54) is 41.6 Å². The molecular formula is C34H40N2O. The van der Waals surface area contributed by atoms with E-state index >= 15 is 0 Å². The van der Waals surface area contributed by atoms with Gasteiger partial charge in [0.05, 0.1) is 0 Å². The molecule has 37 heavy (non-hydrogen) atoms. The molecule has 192 valence electrons. The van der Waals surface area contributed by atoms with Crippen molar-refractivity contribution in [3.63, 3.8) is 0 Å². The van der Waals surface area contributed by atoms with Crippen molar-refractivity contribution in [2.45, 2.75) is 50.9 Å². The molecule has 3 aromatic rings. The van der Waals surface area contributed by atoms with E-state index in [2.05, 4.69) is 88.7 Å². The van der Waals surface area contributed by atoms with Crippen LogP contribution in [-0.2, 0) is 6.42 Å². The van der Waals surface area contributed by atoms with E-state index in [9.17, 15) is 4.79 Å². The third kappa shape index (κ3) is 5.38. The number of anilines is 1. The van der Waals surface area contributed by atoms with Crippen LogP contribution in [0, 0.1) is 11.8 Å². The third-order valence-electron chi connectivity index (χ3n) is 9.25. The number of carbonyl (C=O) groups excluding carboxylic acids is 1. The van der Waals surface area contributed by atoms with Crippen molar-refractivity contribution in [3.8, 4) is 0 Å². The molecule has 3 aliphatic rings. The average molecular weight is 493 g/mol. The summed E-state index contributed by atoms with van der Waals surface area (Å²) in [6.07, 6.45) is 8.24. The number of nitrogens with zero attached hydrogens (tertiary/aromatic N) is 2. The summed E-state index contributed by atoms with van der Waals surface area (Å²) < 4.78 is 0. The molecule has 1 heterocycles. The predicted octanol–water partition coefficient (Wildman–Crippen LogP) is 6.97. The standard InChI is InChI=1S/C34H40N2O/c37-34-32(28-13-7-14-28)16-8-15-29-17-18-30(25-33(29)34)36-23-21-35(22-24-36)20-19-31(26-9-3-1-4-10-26)27-11-5-2-6-12-27/h1-6,9-12,17-18,25,28,31-32H,7-8,13-16,19-24H2. The Morgan fingerprint density at radius 1 is 0.757 bits per heavy atom. The number of carbonyl (C=O) groups is 1. The maximum atomic E-state index is 13.5. The maximum Gasteiger partial charge on any atom is 0.166 e. The first-order valence-corrected chi connectivity index (χ1v) is 14.5. The van der Waals surface area contributed by atoms with Crippen LogP contribution in [-0.4, -0.2) is 43.4 Å². The number of piperazine rings is 1. The highest BCUT2D eigenvalue weighted by Gasteiger charge is 2.35. The lowest BCUT2D eigenvalue weighted by Gasteiger charge is -2.37. The molecule has 0 amide bonds. The second kappa shape index (κ2) is 11.2. The summed E-state index contributed by atoms with van der Waals surface area (Å²) >= 11 is 0. The van der Waals surface area contributed by atoms with Crippen LogP contribution in [0.2, 0.25) is 0 Å². The minimum atomic E-state index is 0.268. The maximum absolute atomic E-state index is 13.5. The molecule has 0 N–H and O–H groups in total. The van der Waals surface area contributed by atoms with E-state index < -0.39 is 0 Å². The average Bonchev–Trinajstić information content (AvgIpc) is 3.08. The molecule has 6 rings (SSSR count). The van der Waals surface area contributed by atoms with Gasteiger partial charge in [-0.3, -0.25) is 9.69 Å². The Morgan fingerprint density at radius 2 is 1.43 bits per heavy atom. The van der Waals surface area contributed by atoms with Gasteiger partial charge >= 0.3 is 0 Å². The van der Waals surface area contributed by atoms with Gasteiger partial charge in [0.1, 0.15) is 0 Å². The predicted molar refractivity (Wildman–Crippen MR) is 153 cm³/mol. The van der Waals surface area contributed by atoms with Crippen LogP contribution in [0.3, 0.4) is 0 Å². The van der Waals surface area contributed by atoms with Crippen LogP contribution in [0.1, 0.15) is 71.5 Å². The number of ketones is 1. The molecule has 0 aromatic heterocycles. The summed E-state index contributed by atoms with van der Waals surface area (Å²) in [6.45, 7) is 5.31. The van der Waals surface area contributed by atoms with Crippen molar-refractivity contribution in [3.05, 3.63) is 101 Å². The van der Waals surface area contributed by atoms with Gasteiger partial charge in [-0.05, 0) is 79.8 Å². The largest absolute Gasteiger partial charge is 0.369 e. The van der Waals surface area contributed by atoms with Gasteiger partial charge in [-0.1, -0.05) is 73.2 Å². The second-order valence-electron chi connectivity index (χ2n) is 11.4. The Morgan fingerprint density at radius 3 is 2.05 bits per heavy atom. The number of rotatable bonds is 7. The lowest BCUT2D eigenvalue weighted by atomic mass is 9.72. The van der Waals surface area contributed by atoms with Gasteiger partial charge in [0.15, 0.2) is 5.78 Å². The molecule has 2 fully saturated rings. The summed E-state index contributed by atoms with van der Waals surface area (Å²) in [7, 11) is 0. The SMILES string of the molecule is O=C1c2cc(N3CCN(CCC(c4ccccc4)c4ccccc4)CC3)ccc2CCCC1C1CCC1. The summed E-state index contributed by atoms with van der Waals surface area (Å²) in [5.41, 5.74) is 6.36. The number of hydrogen-bond acceptors (Lipinski definition) is 3. The van der Waals surface area contributed by atoms with Gasteiger partial charge < -0.3 is 4.90 Å². The minimum absolute atomic E-state index is 0.268. The highest BCUT2D eigenvalue weighted by molar-refractivity contribution is 6.00. The number of aryl methyl sites for hydroxylation is 1. The number of hydrogen-bond donors (Lipinski definition) is 0. The molecule has 0 radical (unpaired) electrons. The van der Waals surface area contributed by atoms with Crippen molar-refractivity contribution >= 4 is 11.5 Å². The van der Waals surface area contributed by atoms with Gasteiger partial charge in [-0.2, -0.15) is 0 Å². The topological polar surface area (TPSA) is 23.6 Å². The Bertz CT molecular complexity index is 1140. The van der Waals surface area contributed by atoms with Gasteiger partial charge in [0, 0.05) is 49.3 Å². The molecular weight excluding hydrogens is 452 g/mol. The van der Waals surface area contributed by atoms with Gasteiger partial charge in [0.25, 0.3) is 0 Å². The van der Waals surface area contributed by atoms with Crippen molar-refractivity contribution in [2.75, 3.05) is 37.6 Å². The van der Waals surface area contributed by atoms with Crippen molar-refractivity contribution in [2.24, 2.45) is 11.8 Å². The van der Waals surface area contributed by atoms with E-state index in [-0.39, 0.29) is 5.92 Å². The molecule has 0 spiro atoms. The monoisotopic (exact) mass is 492 g/mol. The smallest absolute Gasteiger partial charge is 0.166 e. The molecule has 1 aliphatic heterocycles. The van der Waals surface area contributed by atoms with Crippen LogP contribution < -0.4 is 4.90 Å². The zero-order valence-electron chi connectivity index (χ0n) is 22.0. The van der Waals surface area contributed by atoms with Crippen LogP contribution >= 0.6 is 0 Å².